The number of hydrogen-bond donors (Lipinski definition) is 0. The molecule has 0 spiro atoms. The van der Waals surface area contributed by atoms with Crippen LogP contribution in [0.15, 0.2) is 54.6 Å². The van der Waals surface area contributed by atoms with Gasteiger partial charge in [0.25, 0.3) is 0 Å². The van der Waals surface area contributed by atoms with Crippen LogP contribution in [-0.4, -0.2) is 0 Å². The van der Waals surface area contributed by atoms with Gasteiger partial charge in [-0.2, -0.15) is 0 Å². The van der Waals surface area contributed by atoms with Gasteiger partial charge in [-0.25, -0.2) is 8.78 Å². The van der Waals surface area contributed by atoms with Crippen LogP contribution in [0, 0.1) is 23.5 Å². The summed E-state index contributed by atoms with van der Waals surface area (Å²) in [5.41, 5.74) is 2.31. The second-order valence-electron chi connectivity index (χ2n) is 8.71. The fraction of sp³-hybridized carbons (Fsp3) is 0.407. The van der Waals surface area contributed by atoms with Gasteiger partial charge >= 0.3 is 0 Å². The van der Waals surface area contributed by atoms with E-state index in [1.807, 2.05) is 12.1 Å². The third-order valence-corrected chi connectivity index (χ3v) is 6.66. The highest BCUT2D eigenvalue weighted by Crippen LogP contribution is 2.34. The lowest BCUT2D eigenvalue weighted by atomic mass is 9.78. The molecule has 0 radical (unpaired) electrons. The van der Waals surface area contributed by atoms with Gasteiger partial charge in [-0.15, -0.1) is 0 Å². The van der Waals surface area contributed by atoms with Gasteiger partial charge in [-0.3, -0.25) is 0 Å². The molecule has 2 heteroatoms. The van der Waals surface area contributed by atoms with E-state index < -0.39 is 0 Å². The summed E-state index contributed by atoms with van der Waals surface area (Å²) < 4.78 is 28.6. The molecule has 0 unspecified atom stereocenters. The van der Waals surface area contributed by atoms with Crippen LogP contribution in [0.1, 0.15) is 57.4 Å². The number of fused-ring (bicyclic) bond motifs is 1. The molecule has 0 amide bonds. The van der Waals surface area contributed by atoms with Crippen molar-refractivity contribution in [3.63, 3.8) is 0 Å². The van der Waals surface area contributed by atoms with Crippen LogP contribution >= 0.6 is 0 Å². The molecule has 1 saturated carbocycles. The van der Waals surface area contributed by atoms with Crippen molar-refractivity contribution in [2.75, 3.05) is 0 Å². The van der Waals surface area contributed by atoms with E-state index in [2.05, 4.69) is 19.1 Å². The summed E-state index contributed by atoms with van der Waals surface area (Å²) in [4.78, 5) is 0. The van der Waals surface area contributed by atoms with E-state index in [-0.39, 0.29) is 11.6 Å². The molecule has 0 nitrogen and oxygen atoms in total. The maximum atomic E-state index is 15.1. The lowest BCUT2D eigenvalue weighted by Gasteiger charge is -2.28. The first-order valence-electron chi connectivity index (χ1n) is 11.1. The molecular weight excluding hydrogens is 362 g/mol. The van der Waals surface area contributed by atoms with Gasteiger partial charge in [-0.05, 0) is 53.3 Å². The van der Waals surface area contributed by atoms with Crippen molar-refractivity contribution in [1.82, 2.24) is 0 Å². The minimum absolute atomic E-state index is 0.270. The average Bonchev–Trinajstić information content (AvgIpc) is 2.74. The zero-order valence-corrected chi connectivity index (χ0v) is 17.3. The Kier molecular flexibility index (Phi) is 6.28. The summed E-state index contributed by atoms with van der Waals surface area (Å²) >= 11 is 0. The summed E-state index contributed by atoms with van der Waals surface area (Å²) in [5, 5.41) is 1.53. The zero-order valence-electron chi connectivity index (χ0n) is 17.3. The number of halogens is 2. The maximum absolute atomic E-state index is 15.1. The predicted molar refractivity (Wildman–Crippen MR) is 118 cm³/mol. The summed E-state index contributed by atoms with van der Waals surface area (Å²) in [6.45, 7) is 2.29. The average molecular weight is 393 g/mol. The number of rotatable bonds is 6. The first kappa shape index (κ1) is 20.1. The van der Waals surface area contributed by atoms with E-state index in [0.29, 0.717) is 16.5 Å². The van der Waals surface area contributed by atoms with Crippen molar-refractivity contribution < 1.29 is 8.78 Å². The third-order valence-electron chi connectivity index (χ3n) is 6.66. The Morgan fingerprint density at radius 2 is 1.59 bits per heavy atom. The Labute approximate surface area is 173 Å². The molecular formula is C27H30F2. The van der Waals surface area contributed by atoms with Gasteiger partial charge in [0.1, 0.15) is 11.6 Å². The molecule has 3 aromatic carbocycles. The van der Waals surface area contributed by atoms with Gasteiger partial charge in [0.2, 0.25) is 0 Å². The normalized spacial score (nSPS) is 19.6. The molecule has 1 fully saturated rings. The maximum Gasteiger partial charge on any atom is 0.138 e. The molecule has 1 aliphatic rings. The van der Waals surface area contributed by atoms with E-state index in [1.54, 1.807) is 18.2 Å². The van der Waals surface area contributed by atoms with Crippen molar-refractivity contribution in [1.29, 1.82) is 0 Å². The highest BCUT2D eigenvalue weighted by molar-refractivity contribution is 5.88. The second kappa shape index (κ2) is 9.07. The van der Waals surface area contributed by atoms with Crippen LogP contribution in [0.3, 0.4) is 0 Å². The van der Waals surface area contributed by atoms with Crippen LogP contribution < -0.4 is 0 Å². The lowest BCUT2D eigenvalue weighted by molar-refractivity contribution is 0.252. The minimum atomic E-state index is -0.346. The Hall–Kier alpha value is -2.22. The zero-order chi connectivity index (χ0) is 20.2. The lowest BCUT2D eigenvalue weighted by Crippen LogP contribution is -2.15. The fourth-order valence-electron chi connectivity index (χ4n) is 4.96. The van der Waals surface area contributed by atoms with Crippen LogP contribution in [-0.2, 0) is 6.42 Å². The van der Waals surface area contributed by atoms with E-state index in [0.717, 1.165) is 23.6 Å². The summed E-state index contributed by atoms with van der Waals surface area (Å²) in [7, 11) is 0. The quantitative estimate of drug-likeness (QED) is 0.395. The van der Waals surface area contributed by atoms with Gasteiger partial charge in [0.15, 0.2) is 0 Å². The first-order chi connectivity index (χ1) is 14.1. The van der Waals surface area contributed by atoms with Crippen LogP contribution in [0.4, 0.5) is 8.78 Å². The number of hydrogen-bond acceptors (Lipinski definition) is 0. The third kappa shape index (κ3) is 4.69. The Morgan fingerprint density at radius 1 is 0.828 bits per heavy atom. The molecule has 0 heterocycles. The highest BCUT2D eigenvalue weighted by Gasteiger charge is 2.20. The fourth-order valence-corrected chi connectivity index (χ4v) is 4.96. The van der Waals surface area contributed by atoms with Gasteiger partial charge in [0.05, 0.1) is 0 Å². The monoisotopic (exact) mass is 392 g/mol. The van der Waals surface area contributed by atoms with E-state index in [1.165, 1.54) is 62.6 Å². The molecule has 3 aromatic rings. The Bertz CT molecular complexity index is 967. The highest BCUT2D eigenvalue weighted by atomic mass is 19.1. The number of benzene rings is 3. The van der Waals surface area contributed by atoms with E-state index in [9.17, 15) is 4.39 Å². The largest absolute Gasteiger partial charge is 0.207 e. The topological polar surface area (TPSA) is 0 Å². The summed E-state index contributed by atoms with van der Waals surface area (Å²) in [6.07, 6.45) is 10.5. The molecule has 29 heavy (non-hydrogen) atoms. The Morgan fingerprint density at radius 3 is 2.31 bits per heavy atom. The molecule has 0 N–H and O–H groups in total. The van der Waals surface area contributed by atoms with Gasteiger partial charge in [0, 0.05) is 10.9 Å². The van der Waals surface area contributed by atoms with Crippen molar-refractivity contribution in [3.8, 4) is 11.1 Å². The van der Waals surface area contributed by atoms with Crippen molar-refractivity contribution >= 4 is 10.8 Å². The summed E-state index contributed by atoms with van der Waals surface area (Å²) in [6, 6.07) is 15.9. The molecule has 4 rings (SSSR count). The Balaban J connectivity index is 1.45. The van der Waals surface area contributed by atoms with Crippen molar-refractivity contribution in [3.05, 3.63) is 71.8 Å². The SMILES string of the molecule is CCCC1CCC(CCc2ccc3c(F)c(-c4cccc(F)c4)ccc3c2)CC1. The standard InChI is InChI=1S/C27H30F2/c1-2-4-19-7-9-20(10-8-19)11-12-21-13-15-25-23(17-21)14-16-26(27(25)29)22-5-3-6-24(28)18-22/h3,5-6,13-20H,2,4,7-12H2,1H3. The molecule has 0 saturated heterocycles. The summed E-state index contributed by atoms with van der Waals surface area (Å²) in [5.74, 6) is 1.17. The molecule has 0 bridgehead atoms. The van der Waals surface area contributed by atoms with E-state index in [4.69, 9.17) is 0 Å². The molecule has 0 atom stereocenters. The van der Waals surface area contributed by atoms with Crippen LogP contribution in [0.5, 0.6) is 0 Å². The number of aryl methyl sites for hydroxylation is 1. The second-order valence-corrected chi connectivity index (χ2v) is 8.71. The minimum Gasteiger partial charge on any atom is -0.207 e. The molecule has 0 aliphatic heterocycles. The van der Waals surface area contributed by atoms with E-state index >= 15 is 4.39 Å². The molecule has 152 valence electrons. The van der Waals surface area contributed by atoms with Gasteiger partial charge < -0.3 is 0 Å². The smallest absolute Gasteiger partial charge is 0.138 e. The van der Waals surface area contributed by atoms with Crippen molar-refractivity contribution in [2.24, 2.45) is 11.8 Å². The van der Waals surface area contributed by atoms with Crippen LogP contribution in [0.25, 0.3) is 21.9 Å². The van der Waals surface area contributed by atoms with Gasteiger partial charge in [-0.1, -0.05) is 87.9 Å². The molecule has 0 aromatic heterocycles. The molecule has 1 aliphatic carbocycles. The van der Waals surface area contributed by atoms with Crippen molar-refractivity contribution in [2.45, 2.75) is 58.3 Å². The predicted octanol–water partition coefficient (Wildman–Crippen LogP) is 8.32. The first-order valence-corrected chi connectivity index (χ1v) is 11.1. The van der Waals surface area contributed by atoms with Crippen LogP contribution in [0.2, 0.25) is 0 Å².